The molecule has 2 fully saturated rings. The van der Waals surface area contributed by atoms with Crippen molar-refractivity contribution in [3.05, 3.63) is 0 Å². The van der Waals surface area contributed by atoms with Gasteiger partial charge in [0.25, 0.3) is 0 Å². The van der Waals surface area contributed by atoms with Crippen molar-refractivity contribution in [1.29, 1.82) is 0 Å². The van der Waals surface area contributed by atoms with Gasteiger partial charge in [0.15, 0.2) is 0 Å². The Bertz CT molecular complexity index is 157. The van der Waals surface area contributed by atoms with Gasteiger partial charge in [0.1, 0.15) is 0 Å². The summed E-state index contributed by atoms with van der Waals surface area (Å²) in [4.78, 5) is 0. The Kier molecular flexibility index (Phi) is 2.89. The molecule has 1 atom stereocenters. The Balaban J connectivity index is 1.69. The minimum absolute atomic E-state index is 0.481. The van der Waals surface area contributed by atoms with Gasteiger partial charge in [-0.25, -0.2) is 0 Å². The van der Waals surface area contributed by atoms with E-state index >= 15 is 0 Å². The van der Waals surface area contributed by atoms with Crippen molar-refractivity contribution < 1.29 is 0 Å². The average Bonchev–Trinajstić information content (AvgIpc) is 2.91. The fourth-order valence-corrected chi connectivity index (χ4v) is 2.39. The van der Waals surface area contributed by atoms with Crippen molar-refractivity contribution in [2.24, 2.45) is 11.7 Å². The second-order valence-electron chi connectivity index (χ2n) is 4.90. The first-order valence-electron chi connectivity index (χ1n) is 5.77. The fraction of sp³-hybridized carbons (Fsp3) is 1.00. The lowest BCUT2D eigenvalue weighted by Gasteiger charge is -2.29. The second-order valence-corrected chi connectivity index (χ2v) is 4.90. The third kappa shape index (κ3) is 2.68. The van der Waals surface area contributed by atoms with E-state index in [1.54, 1.807) is 0 Å². The number of hydrogen-bond donors (Lipinski definition) is 2. The molecule has 0 heterocycles. The first-order valence-corrected chi connectivity index (χ1v) is 5.77. The highest BCUT2D eigenvalue weighted by Gasteiger charge is 2.30. The van der Waals surface area contributed by atoms with Gasteiger partial charge in [-0.15, -0.1) is 0 Å². The quantitative estimate of drug-likeness (QED) is 0.696. The predicted molar refractivity (Wildman–Crippen MR) is 55.6 cm³/mol. The van der Waals surface area contributed by atoms with Crippen molar-refractivity contribution in [2.45, 2.75) is 63.6 Å². The molecule has 0 amide bonds. The molecule has 0 aliphatic heterocycles. The molecule has 2 saturated carbocycles. The van der Waals surface area contributed by atoms with E-state index in [1.165, 1.54) is 38.5 Å². The van der Waals surface area contributed by atoms with E-state index in [2.05, 4.69) is 12.2 Å². The van der Waals surface area contributed by atoms with E-state index in [4.69, 9.17) is 5.73 Å². The van der Waals surface area contributed by atoms with Crippen molar-refractivity contribution >= 4 is 0 Å². The maximum absolute atomic E-state index is 5.87. The molecule has 1 unspecified atom stereocenters. The molecular weight excluding hydrogens is 160 g/mol. The van der Waals surface area contributed by atoms with Crippen molar-refractivity contribution in [3.63, 3.8) is 0 Å². The molecule has 3 N–H and O–H groups in total. The van der Waals surface area contributed by atoms with Crippen LogP contribution in [0.2, 0.25) is 0 Å². The zero-order valence-electron chi connectivity index (χ0n) is 8.63. The van der Waals surface area contributed by atoms with Crippen LogP contribution in [-0.4, -0.2) is 18.1 Å². The molecule has 2 nitrogen and oxygen atoms in total. The summed E-state index contributed by atoms with van der Waals surface area (Å²) in [5.74, 6) is 0.982. The van der Waals surface area contributed by atoms with E-state index in [0.29, 0.717) is 6.04 Å². The minimum Gasteiger partial charge on any atom is -0.328 e. The van der Waals surface area contributed by atoms with E-state index in [-0.39, 0.29) is 0 Å². The first-order chi connectivity index (χ1) is 6.25. The van der Waals surface area contributed by atoms with Gasteiger partial charge in [0.05, 0.1) is 0 Å². The maximum Gasteiger partial charge on any atom is 0.00708 e. The fourth-order valence-electron chi connectivity index (χ4n) is 2.39. The van der Waals surface area contributed by atoms with Gasteiger partial charge in [-0.3, -0.25) is 0 Å². The highest BCUT2D eigenvalue weighted by molar-refractivity contribution is 4.87. The molecule has 2 aliphatic carbocycles. The highest BCUT2D eigenvalue weighted by atomic mass is 15.0. The maximum atomic E-state index is 5.87. The lowest BCUT2D eigenvalue weighted by molar-refractivity contribution is 0.309. The lowest BCUT2D eigenvalue weighted by Crippen LogP contribution is -2.42. The molecule has 2 aliphatic rings. The van der Waals surface area contributed by atoms with Crippen molar-refractivity contribution in [1.82, 2.24) is 5.32 Å². The van der Waals surface area contributed by atoms with E-state index in [9.17, 15) is 0 Å². The molecule has 0 bridgehead atoms. The molecule has 2 rings (SSSR count). The summed E-state index contributed by atoms with van der Waals surface area (Å²) >= 11 is 0. The summed E-state index contributed by atoms with van der Waals surface area (Å²) in [7, 11) is 0. The number of rotatable bonds is 3. The van der Waals surface area contributed by atoms with Gasteiger partial charge < -0.3 is 11.1 Å². The molecular formula is C11H22N2. The van der Waals surface area contributed by atoms with Crippen LogP contribution in [0.15, 0.2) is 0 Å². The molecule has 13 heavy (non-hydrogen) atoms. The number of nitrogens with one attached hydrogen (secondary N) is 1. The zero-order chi connectivity index (χ0) is 9.26. The summed E-state index contributed by atoms with van der Waals surface area (Å²) in [6, 6.07) is 1.99. The Hall–Kier alpha value is -0.0800. The molecule has 0 aromatic heterocycles. The normalized spacial score (nSPS) is 37.4. The van der Waals surface area contributed by atoms with Crippen LogP contribution in [0.25, 0.3) is 0 Å². The predicted octanol–water partition coefficient (Wildman–Crippen LogP) is 1.64. The first kappa shape index (κ1) is 9.47. The van der Waals surface area contributed by atoms with Gasteiger partial charge in [-0.1, -0.05) is 0 Å². The summed E-state index contributed by atoms with van der Waals surface area (Å²) in [5.41, 5.74) is 5.87. The molecule has 0 aromatic rings. The van der Waals surface area contributed by atoms with Gasteiger partial charge in [-0.2, -0.15) is 0 Å². The largest absolute Gasteiger partial charge is 0.328 e. The molecule has 0 saturated heterocycles. The average molecular weight is 182 g/mol. The molecule has 0 aromatic carbocycles. The Labute approximate surface area is 81.3 Å². The zero-order valence-corrected chi connectivity index (χ0v) is 8.63. The van der Waals surface area contributed by atoms with Crippen LogP contribution in [-0.2, 0) is 0 Å². The molecule has 0 radical (unpaired) electrons. The van der Waals surface area contributed by atoms with Crippen LogP contribution in [0.4, 0.5) is 0 Å². The van der Waals surface area contributed by atoms with Gasteiger partial charge in [-0.05, 0) is 51.4 Å². The van der Waals surface area contributed by atoms with Crippen LogP contribution >= 0.6 is 0 Å². The third-order valence-corrected chi connectivity index (χ3v) is 3.60. The lowest BCUT2D eigenvalue weighted by atomic mass is 9.91. The van der Waals surface area contributed by atoms with Gasteiger partial charge in [0, 0.05) is 18.1 Å². The summed E-state index contributed by atoms with van der Waals surface area (Å²) in [5, 5.41) is 3.75. The summed E-state index contributed by atoms with van der Waals surface area (Å²) in [6.45, 7) is 2.34. The SMILES string of the molecule is CC(NC1CCC(N)CC1)C1CC1. The summed E-state index contributed by atoms with van der Waals surface area (Å²) < 4.78 is 0. The van der Waals surface area contributed by atoms with Crippen LogP contribution in [0.5, 0.6) is 0 Å². The topological polar surface area (TPSA) is 38.0 Å². The highest BCUT2D eigenvalue weighted by Crippen LogP contribution is 2.33. The van der Waals surface area contributed by atoms with Crippen molar-refractivity contribution in [2.75, 3.05) is 0 Å². The smallest absolute Gasteiger partial charge is 0.00708 e. The van der Waals surface area contributed by atoms with E-state index in [0.717, 1.165) is 18.0 Å². The van der Waals surface area contributed by atoms with E-state index in [1.807, 2.05) is 0 Å². The van der Waals surface area contributed by atoms with Crippen molar-refractivity contribution in [3.8, 4) is 0 Å². The van der Waals surface area contributed by atoms with Crippen LogP contribution in [0.3, 0.4) is 0 Å². The molecule has 76 valence electrons. The standard InChI is InChI=1S/C11H22N2/c1-8(9-2-3-9)13-11-6-4-10(12)5-7-11/h8-11,13H,2-7,12H2,1H3. The van der Waals surface area contributed by atoms with Crippen LogP contribution in [0.1, 0.15) is 45.4 Å². The Morgan fingerprint density at radius 2 is 1.69 bits per heavy atom. The molecule has 0 spiro atoms. The second kappa shape index (κ2) is 3.97. The minimum atomic E-state index is 0.481. The number of nitrogens with two attached hydrogens (primary N) is 1. The van der Waals surface area contributed by atoms with E-state index < -0.39 is 0 Å². The molecule has 2 heteroatoms. The Morgan fingerprint density at radius 3 is 2.23 bits per heavy atom. The third-order valence-electron chi connectivity index (χ3n) is 3.60. The number of hydrogen-bond acceptors (Lipinski definition) is 2. The monoisotopic (exact) mass is 182 g/mol. The van der Waals surface area contributed by atoms with Gasteiger partial charge >= 0.3 is 0 Å². The van der Waals surface area contributed by atoms with Crippen LogP contribution in [0, 0.1) is 5.92 Å². The van der Waals surface area contributed by atoms with Crippen LogP contribution < -0.4 is 11.1 Å². The summed E-state index contributed by atoms with van der Waals surface area (Å²) in [6.07, 6.45) is 7.90. The Morgan fingerprint density at radius 1 is 1.08 bits per heavy atom. The van der Waals surface area contributed by atoms with Gasteiger partial charge in [0.2, 0.25) is 0 Å².